The lowest BCUT2D eigenvalue weighted by Crippen LogP contribution is -2.40. The molecule has 0 unspecified atom stereocenters. The third kappa shape index (κ3) is 6.40. The van der Waals surface area contributed by atoms with Crippen LogP contribution < -0.4 is 0 Å². The van der Waals surface area contributed by atoms with E-state index in [2.05, 4.69) is 0 Å². The van der Waals surface area contributed by atoms with Crippen LogP contribution in [0.3, 0.4) is 0 Å². The van der Waals surface area contributed by atoms with Gasteiger partial charge < -0.3 is 14.7 Å². The number of carbonyl (C=O) groups excluding carboxylic acids is 1. The van der Waals surface area contributed by atoms with Gasteiger partial charge in [-0.05, 0) is 27.7 Å². The largest absolute Gasteiger partial charge is 0.447 e. The molecule has 1 N–H and O–H groups in total. The fraction of sp³-hybridized carbons (Fsp3) is 0.889. The molecule has 0 atom stereocenters. The Balaban J connectivity index is 3.97. The van der Waals surface area contributed by atoms with Crippen LogP contribution in [-0.2, 0) is 4.74 Å². The highest BCUT2D eigenvalue weighted by Crippen LogP contribution is 2.05. The van der Waals surface area contributed by atoms with Crippen molar-refractivity contribution in [3.8, 4) is 0 Å². The molecule has 0 radical (unpaired) electrons. The van der Waals surface area contributed by atoms with Crippen LogP contribution in [0.1, 0.15) is 27.7 Å². The van der Waals surface area contributed by atoms with E-state index in [1.807, 2.05) is 0 Å². The molecule has 78 valence electrons. The van der Waals surface area contributed by atoms with Gasteiger partial charge in [-0.2, -0.15) is 0 Å². The number of aliphatic hydroxyl groups is 1. The monoisotopic (exact) mass is 189 g/mol. The van der Waals surface area contributed by atoms with E-state index >= 15 is 0 Å². The number of nitrogens with zero attached hydrogens (tertiary/aromatic N) is 1. The van der Waals surface area contributed by atoms with Gasteiger partial charge in [-0.1, -0.05) is 0 Å². The van der Waals surface area contributed by atoms with Crippen LogP contribution in [0, 0.1) is 0 Å². The van der Waals surface area contributed by atoms with Crippen LogP contribution in [0.4, 0.5) is 4.79 Å². The lowest BCUT2D eigenvalue weighted by molar-refractivity contribution is 0.0281. The Labute approximate surface area is 79.5 Å². The second-order valence-corrected chi connectivity index (χ2v) is 4.10. The number of hydrogen-bond acceptors (Lipinski definition) is 3. The molecule has 0 aromatic heterocycles. The smallest absolute Gasteiger partial charge is 0.409 e. The zero-order chi connectivity index (χ0) is 10.6. The van der Waals surface area contributed by atoms with E-state index in [4.69, 9.17) is 4.74 Å². The summed E-state index contributed by atoms with van der Waals surface area (Å²) in [7, 11) is 1.60. The zero-order valence-corrected chi connectivity index (χ0v) is 9.00. The third-order valence-electron chi connectivity index (χ3n) is 1.27. The van der Waals surface area contributed by atoms with Crippen molar-refractivity contribution in [1.29, 1.82) is 0 Å². The third-order valence-corrected chi connectivity index (χ3v) is 1.27. The van der Waals surface area contributed by atoms with E-state index in [-0.39, 0.29) is 12.6 Å². The highest BCUT2D eigenvalue weighted by atomic mass is 16.6. The Morgan fingerprint density at radius 3 is 2.31 bits per heavy atom. The summed E-state index contributed by atoms with van der Waals surface area (Å²) in [6, 6.07) is 0. The van der Waals surface area contributed by atoms with E-state index < -0.39 is 11.7 Å². The van der Waals surface area contributed by atoms with Crippen molar-refractivity contribution in [2.75, 3.05) is 13.6 Å². The molecule has 4 heteroatoms. The molecular weight excluding hydrogens is 170 g/mol. The average molecular weight is 189 g/mol. The minimum atomic E-state index is -0.884. The Bertz CT molecular complexity index is 172. The molecule has 0 aromatic rings. The van der Waals surface area contributed by atoms with Gasteiger partial charge in [0.15, 0.2) is 0 Å². The molecule has 0 aliphatic rings. The Morgan fingerprint density at radius 1 is 1.54 bits per heavy atom. The Morgan fingerprint density at radius 2 is 2.00 bits per heavy atom. The lowest BCUT2D eigenvalue weighted by Gasteiger charge is -2.25. The van der Waals surface area contributed by atoms with E-state index in [9.17, 15) is 9.90 Å². The molecule has 0 saturated heterocycles. The molecule has 0 fully saturated rings. The van der Waals surface area contributed by atoms with Crippen molar-refractivity contribution >= 4 is 6.09 Å². The summed E-state index contributed by atoms with van der Waals surface area (Å²) in [4.78, 5) is 12.6. The molecule has 0 aromatic carbocycles. The Kier molecular flexibility index (Phi) is 4.20. The second-order valence-electron chi connectivity index (χ2n) is 4.10. The van der Waals surface area contributed by atoms with Crippen molar-refractivity contribution in [2.45, 2.75) is 39.4 Å². The van der Waals surface area contributed by atoms with Gasteiger partial charge in [0.05, 0.1) is 18.2 Å². The molecule has 0 spiro atoms. The standard InChI is InChI=1S/C9H19NO3/c1-7(2)13-8(11)10(5)6-9(3,4)12/h7,12H,6H2,1-5H3. The first-order valence-electron chi connectivity index (χ1n) is 4.36. The first-order chi connectivity index (χ1) is 5.72. The molecular formula is C9H19NO3. The number of hydrogen-bond donors (Lipinski definition) is 1. The molecule has 0 bridgehead atoms. The first kappa shape index (κ1) is 12.2. The number of carbonyl (C=O) groups is 1. The zero-order valence-electron chi connectivity index (χ0n) is 9.00. The maximum absolute atomic E-state index is 11.2. The van der Waals surface area contributed by atoms with Crippen LogP contribution in [0.5, 0.6) is 0 Å². The predicted molar refractivity (Wildman–Crippen MR) is 50.5 cm³/mol. The maximum Gasteiger partial charge on any atom is 0.409 e. The molecule has 0 aliphatic heterocycles. The lowest BCUT2D eigenvalue weighted by atomic mass is 10.1. The highest BCUT2D eigenvalue weighted by Gasteiger charge is 2.20. The topological polar surface area (TPSA) is 49.8 Å². The quantitative estimate of drug-likeness (QED) is 0.726. The summed E-state index contributed by atoms with van der Waals surface area (Å²) >= 11 is 0. The second kappa shape index (κ2) is 4.46. The summed E-state index contributed by atoms with van der Waals surface area (Å²) in [5, 5.41) is 9.42. The molecule has 0 rings (SSSR count). The number of likely N-dealkylation sites (N-methyl/N-ethyl adjacent to an activating group) is 1. The Hall–Kier alpha value is -0.770. The minimum Gasteiger partial charge on any atom is -0.447 e. The number of amides is 1. The molecule has 13 heavy (non-hydrogen) atoms. The number of ether oxygens (including phenoxy) is 1. The van der Waals surface area contributed by atoms with Gasteiger partial charge in [0.1, 0.15) is 0 Å². The van der Waals surface area contributed by atoms with Crippen molar-refractivity contribution in [1.82, 2.24) is 4.90 Å². The van der Waals surface area contributed by atoms with Crippen LogP contribution in [0.2, 0.25) is 0 Å². The highest BCUT2D eigenvalue weighted by molar-refractivity contribution is 5.67. The van der Waals surface area contributed by atoms with Gasteiger partial charge >= 0.3 is 6.09 Å². The van der Waals surface area contributed by atoms with Crippen LogP contribution in [0.15, 0.2) is 0 Å². The summed E-state index contributed by atoms with van der Waals surface area (Å²) in [5.74, 6) is 0. The van der Waals surface area contributed by atoms with Gasteiger partial charge in [0.25, 0.3) is 0 Å². The fourth-order valence-electron chi connectivity index (χ4n) is 0.937. The van der Waals surface area contributed by atoms with Crippen molar-refractivity contribution in [3.05, 3.63) is 0 Å². The average Bonchev–Trinajstić information content (AvgIpc) is 1.81. The van der Waals surface area contributed by atoms with Crippen molar-refractivity contribution in [3.63, 3.8) is 0 Å². The summed E-state index contributed by atoms with van der Waals surface area (Å²) in [5.41, 5.74) is -0.884. The molecule has 0 aliphatic carbocycles. The van der Waals surface area contributed by atoms with Gasteiger partial charge in [-0.15, -0.1) is 0 Å². The minimum absolute atomic E-state index is 0.128. The number of rotatable bonds is 3. The first-order valence-corrected chi connectivity index (χ1v) is 4.36. The van der Waals surface area contributed by atoms with Gasteiger partial charge in [0, 0.05) is 7.05 Å². The van der Waals surface area contributed by atoms with Crippen LogP contribution in [0.25, 0.3) is 0 Å². The van der Waals surface area contributed by atoms with Crippen LogP contribution >= 0.6 is 0 Å². The van der Waals surface area contributed by atoms with E-state index in [0.29, 0.717) is 0 Å². The van der Waals surface area contributed by atoms with E-state index in [1.165, 1.54) is 4.90 Å². The predicted octanol–water partition coefficient (Wildman–Crippen LogP) is 1.23. The van der Waals surface area contributed by atoms with Gasteiger partial charge in [-0.3, -0.25) is 0 Å². The van der Waals surface area contributed by atoms with Crippen molar-refractivity contribution < 1.29 is 14.6 Å². The SMILES string of the molecule is CC(C)OC(=O)N(C)CC(C)(C)O. The molecule has 4 nitrogen and oxygen atoms in total. The van der Waals surface area contributed by atoms with Crippen LogP contribution in [-0.4, -0.2) is 41.4 Å². The van der Waals surface area contributed by atoms with Crippen molar-refractivity contribution in [2.24, 2.45) is 0 Å². The van der Waals surface area contributed by atoms with E-state index in [1.54, 1.807) is 34.7 Å². The molecule has 0 heterocycles. The fourth-order valence-corrected chi connectivity index (χ4v) is 0.937. The maximum atomic E-state index is 11.2. The van der Waals surface area contributed by atoms with Gasteiger partial charge in [0.2, 0.25) is 0 Å². The van der Waals surface area contributed by atoms with Gasteiger partial charge in [-0.25, -0.2) is 4.79 Å². The summed E-state index contributed by atoms with van der Waals surface area (Å²) in [6.07, 6.45) is -0.533. The van der Waals surface area contributed by atoms with E-state index in [0.717, 1.165) is 0 Å². The molecule has 1 amide bonds. The summed E-state index contributed by atoms with van der Waals surface area (Å²) < 4.78 is 4.93. The normalized spacial score (nSPS) is 11.6. The molecule has 0 saturated carbocycles. The summed E-state index contributed by atoms with van der Waals surface area (Å²) in [6.45, 7) is 7.13.